The quantitative estimate of drug-likeness (QED) is 0.746. The van der Waals surface area contributed by atoms with Crippen LogP contribution in [0, 0.1) is 5.92 Å². The summed E-state index contributed by atoms with van der Waals surface area (Å²) in [6, 6.07) is 6.51. The van der Waals surface area contributed by atoms with Crippen LogP contribution in [0.15, 0.2) is 24.3 Å². The van der Waals surface area contributed by atoms with E-state index < -0.39 is 18.0 Å². The molecule has 0 fully saturated rings. The van der Waals surface area contributed by atoms with E-state index in [0.717, 1.165) is 12.0 Å². The van der Waals surface area contributed by atoms with Crippen molar-refractivity contribution in [2.75, 3.05) is 0 Å². The molecule has 1 rings (SSSR count). The van der Waals surface area contributed by atoms with E-state index in [0.29, 0.717) is 6.54 Å². The van der Waals surface area contributed by atoms with Gasteiger partial charge in [0.25, 0.3) is 0 Å². The minimum absolute atomic E-state index is 0.166. The van der Waals surface area contributed by atoms with Gasteiger partial charge in [-0.3, -0.25) is 0 Å². The van der Waals surface area contributed by atoms with Crippen LogP contribution in [0.4, 0.5) is 4.79 Å². The fourth-order valence-electron chi connectivity index (χ4n) is 1.96. The average Bonchev–Trinajstić information content (AvgIpc) is 2.42. The molecule has 0 saturated heterocycles. The van der Waals surface area contributed by atoms with Gasteiger partial charge >= 0.3 is 12.0 Å². The lowest BCUT2D eigenvalue weighted by Gasteiger charge is -2.18. The van der Waals surface area contributed by atoms with Crippen molar-refractivity contribution in [1.29, 1.82) is 0 Å². The standard InChI is InChI=1S/C15H22N2O3/c1-4-11-7-5-6-8-12(11)9-16-15(20)17-13(10(2)3)14(18)19/h5-8,10,13H,4,9H2,1-3H3,(H,18,19)(H2,16,17,20)/t13-/m0/s1. The molecule has 1 aromatic rings. The number of carboxylic acid groups (broad SMARTS) is 1. The van der Waals surface area contributed by atoms with Crippen molar-refractivity contribution in [1.82, 2.24) is 10.6 Å². The molecule has 0 saturated carbocycles. The summed E-state index contributed by atoms with van der Waals surface area (Å²) in [7, 11) is 0. The minimum Gasteiger partial charge on any atom is -0.480 e. The fourth-order valence-corrected chi connectivity index (χ4v) is 1.96. The third-order valence-corrected chi connectivity index (χ3v) is 3.16. The highest BCUT2D eigenvalue weighted by atomic mass is 16.4. The number of aliphatic carboxylic acids is 1. The number of rotatable bonds is 6. The number of amides is 2. The topological polar surface area (TPSA) is 78.4 Å². The Hall–Kier alpha value is -2.04. The molecule has 1 aromatic carbocycles. The minimum atomic E-state index is -1.02. The molecule has 0 aliphatic carbocycles. The number of nitrogens with one attached hydrogen (secondary N) is 2. The predicted octanol–water partition coefficient (Wildman–Crippen LogP) is 2.16. The Morgan fingerprint density at radius 3 is 2.30 bits per heavy atom. The first-order valence-electron chi connectivity index (χ1n) is 6.79. The number of hydrogen-bond donors (Lipinski definition) is 3. The van der Waals surface area contributed by atoms with E-state index in [9.17, 15) is 9.59 Å². The van der Waals surface area contributed by atoms with Gasteiger partial charge in [0.1, 0.15) is 6.04 Å². The van der Waals surface area contributed by atoms with Crippen molar-refractivity contribution in [3.05, 3.63) is 35.4 Å². The second-order valence-electron chi connectivity index (χ2n) is 5.01. The molecule has 5 heteroatoms. The van der Waals surface area contributed by atoms with E-state index in [4.69, 9.17) is 5.11 Å². The zero-order chi connectivity index (χ0) is 15.1. The van der Waals surface area contributed by atoms with E-state index >= 15 is 0 Å². The van der Waals surface area contributed by atoms with Crippen LogP contribution in [0.5, 0.6) is 0 Å². The zero-order valence-electron chi connectivity index (χ0n) is 12.1. The predicted molar refractivity (Wildman–Crippen MR) is 77.5 cm³/mol. The lowest BCUT2D eigenvalue weighted by molar-refractivity contribution is -0.140. The summed E-state index contributed by atoms with van der Waals surface area (Å²) in [4.78, 5) is 22.8. The third-order valence-electron chi connectivity index (χ3n) is 3.16. The van der Waals surface area contributed by atoms with Crippen LogP contribution in [0.1, 0.15) is 31.9 Å². The number of carboxylic acids is 1. The SMILES string of the molecule is CCc1ccccc1CNC(=O)N[C@H](C(=O)O)C(C)C. The van der Waals surface area contributed by atoms with Gasteiger partial charge < -0.3 is 15.7 Å². The number of carbonyl (C=O) groups is 2. The molecule has 0 aliphatic rings. The Morgan fingerprint density at radius 1 is 1.20 bits per heavy atom. The summed E-state index contributed by atoms with van der Waals surface area (Å²) in [5.41, 5.74) is 2.22. The number of hydrogen-bond acceptors (Lipinski definition) is 2. The van der Waals surface area contributed by atoms with E-state index in [1.54, 1.807) is 13.8 Å². The number of benzene rings is 1. The molecular formula is C15H22N2O3. The highest BCUT2D eigenvalue weighted by molar-refractivity contribution is 5.82. The van der Waals surface area contributed by atoms with Gasteiger partial charge in [-0.25, -0.2) is 9.59 Å². The first-order chi connectivity index (χ1) is 9.45. The van der Waals surface area contributed by atoms with Crippen LogP contribution >= 0.6 is 0 Å². The summed E-state index contributed by atoms with van der Waals surface area (Å²) in [5.74, 6) is -1.19. The number of carbonyl (C=O) groups excluding carboxylic acids is 1. The maximum absolute atomic E-state index is 11.7. The van der Waals surface area contributed by atoms with E-state index in [2.05, 4.69) is 17.6 Å². The van der Waals surface area contributed by atoms with Crippen LogP contribution in [-0.2, 0) is 17.8 Å². The maximum atomic E-state index is 11.7. The number of aryl methyl sites for hydroxylation is 1. The van der Waals surface area contributed by atoms with Gasteiger partial charge in [0.05, 0.1) is 0 Å². The molecule has 0 heterocycles. The highest BCUT2D eigenvalue weighted by Gasteiger charge is 2.23. The smallest absolute Gasteiger partial charge is 0.326 e. The summed E-state index contributed by atoms with van der Waals surface area (Å²) < 4.78 is 0. The van der Waals surface area contributed by atoms with Crippen molar-refractivity contribution in [3.63, 3.8) is 0 Å². The summed E-state index contributed by atoms with van der Waals surface area (Å²) >= 11 is 0. The zero-order valence-corrected chi connectivity index (χ0v) is 12.1. The monoisotopic (exact) mass is 278 g/mol. The van der Waals surface area contributed by atoms with Gasteiger partial charge in [0.2, 0.25) is 0 Å². The van der Waals surface area contributed by atoms with Crippen molar-refractivity contribution in [2.45, 2.75) is 39.8 Å². The molecule has 0 spiro atoms. The number of urea groups is 1. The molecule has 0 aromatic heterocycles. The Bertz CT molecular complexity index is 472. The van der Waals surface area contributed by atoms with Gasteiger partial charge in [-0.15, -0.1) is 0 Å². The largest absolute Gasteiger partial charge is 0.480 e. The van der Waals surface area contributed by atoms with E-state index in [-0.39, 0.29) is 5.92 Å². The summed E-state index contributed by atoms with van der Waals surface area (Å²) in [6.45, 7) is 5.95. The van der Waals surface area contributed by atoms with Crippen molar-refractivity contribution < 1.29 is 14.7 Å². The van der Waals surface area contributed by atoms with Gasteiger partial charge in [0.15, 0.2) is 0 Å². The Morgan fingerprint density at radius 2 is 1.80 bits per heavy atom. The van der Waals surface area contributed by atoms with Crippen molar-refractivity contribution in [2.24, 2.45) is 5.92 Å². The second-order valence-corrected chi connectivity index (χ2v) is 5.01. The second kappa shape index (κ2) is 7.53. The molecule has 2 amide bonds. The Labute approximate surface area is 119 Å². The Kier molecular flexibility index (Phi) is 6.03. The lowest BCUT2D eigenvalue weighted by Crippen LogP contribution is -2.48. The summed E-state index contributed by atoms with van der Waals surface area (Å²) in [5, 5.41) is 14.2. The first kappa shape index (κ1) is 16.0. The van der Waals surface area contributed by atoms with Crippen LogP contribution < -0.4 is 10.6 Å². The molecule has 0 unspecified atom stereocenters. The molecule has 3 N–H and O–H groups in total. The molecule has 1 atom stereocenters. The third kappa shape index (κ3) is 4.57. The molecule has 5 nitrogen and oxygen atoms in total. The van der Waals surface area contributed by atoms with Crippen LogP contribution in [0.25, 0.3) is 0 Å². The van der Waals surface area contributed by atoms with Crippen LogP contribution in [0.3, 0.4) is 0 Å². The highest BCUT2D eigenvalue weighted by Crippen LogP contribution is 2.09. The molecular weight excluding hydrogens is 256 g/mol. The van der Waals surface area contributed by atoms with Crippen LogP contribution in [0.2, 0.25) is 0 Å². The van der Waals surface area contributed by atoms with Gasteiger partial charge in [-0.2, -0.15) is 0 Å². The average molecular weight is 278 g/mol. The van der Waals surface area contributed by atoms with E-state index in [1.807, 2.05) is 24.3 Å². The van der Waals surface area contributed by atoms with Gasteiger partial charge in [-0.05, 0) is 23.5 Å². The molecule has 0 bridgehead atoms. The molecule has 0 aliphatic heterocycles. The molecule has 0 radical (unpaired) electrons. The molecule has 110 valence electrons. The lowest BCUT2D eigenvalue weighted by atomic mass is 10.0. The van der Waals surface area contributed by atoms with E-state index in [1.165, 1.54) is 5.56 Å². The first-order valence-corrected chi connectivity index (χ1v) is 6.79. The molecule has 20 heavy (non-hydrogen) atoms. The summed E-state index contributed by atoms with van der Waals surface area (Å²) in [6.07, 6.45) is 0.892. The van der Waals surface area contributed by atoms with Gasteiger partial charge in [0, 0.05) is 6.54 Å². The normalized spacial score (nSPS) is 12.0. The van der Waals surface area contributed by atoms with Crippen molar-refractivity contribution >= 4 is 12.0 Å². The van der Waals surface area contributed by atoms with Gasteiger partial charge in [-0.1, -0.05) is 45.0 Å². The maximum Gasteiger partial charge on any atom is 0.326 e. The van der Waals surface area contributed by atoms with Crippen LogP contribution in [-0.4, -0.2) is 23.1 Å². The fraction of sp³-hybridized carbons (Fsp3) is 0.467. The Balaban J connectivity index is 2.57. The van der Waals surface area contributed by atoms with Crippen molar-refractivity contribution in [3.8, 4) is 0 Å².